The molecule has 1 saturated carbocycles. The van der Waals surface area contributed by atoms with E-state index in [4.69, 9.17) is 4.74 Å². The number of ether oxygens (including phenoxy) is 1. The van der Waals surface area contributed by atoms with Crippen LogP contribution in [-0.4, -0.2) is 77.5 Å². The topological polar surface area (TPSA) is 91.0 Å². The summed E-state index contributed by atoms with van der Waals surface area (Å²) >= 11 is 0. The van der Waals surface area contributed by atoms with E-state index in [1.165, 1.54) is 25.7 Å². The molecule has 1 aliphatic carbocycles. The second-order valence-corrected chi connectivity index (χ2v) is 12.7. The van der Waals surface area contributed by atoms with E-state index in [1.807, 2.05) is 38.1 Å². The van der Waals surface area contributed by atoms with E-state index in [2.05, 4.69) is 21.6 Å². The van der Waals surface area contributed by atoms with E-state index in [1.54, 1.807) is 4.90 Å². The molecule has 0 unspecified atom stereocenters. The van der Waals surface area contributed by atoms with Gasteiger partial charge in [-0.05, 0) is 88.8 Å². The first-order valence-electron chi connectivity index (χ1n) is 15.5. The lowest BCUT2D eigenvalue weighted by atomic mass is 9.74. The van der Waals surface area contributed by atoms with Crippen molar-refractivity contribution in [3.05, 3.63) is 41.5 Å². The van der Waals surface area contributed by atoms with Crippen molar-refractivity contribution in [1.29, 1.82) is 0 Å². The van der Waals surface area contributed by atoms with Crippen LogP contribution in [0.3, 0.4) is 0 Å². The lowest BCUT2D eigenvalue weighted by Gasteiger charge is -2.34. The van der Waals surface area contributed by atoms with Crippen molar-refractivity contribution in [1.82, 2.24) is 15.1 Å². The third kappa shape index (κ3) is 5.09. The summed E-state index contributed by atoms with van der Waals surface area (Å²) in [5.74, 6) is -1.86. The largest absolute Gasteiger partial charge is 0.359 e. The molecule has 0 radical (unpaired) electrons. The molecule has 2 N–H and O–H groups in total. The molecule has 4 aliphatic heterocycles. The molecular weight excluding hydrogens is 504 g/mol. The van der Waals surface area contributed by atoms with E-state index in [9.17, 15) is 14.4 Å². The van der Waals surface area contributed by atoms with E-state index < -0.39 is 29.6 Å². The van der Waals surface area contributed by atoms with Crippen LogP contribution in [0.1, 0.15) is 68.9 Å². The Hall–Kier alpha value is -2.71. The predicted molar refractivity (Wildman–Crippen MR) is 154 cm³/mol. The van der Waals surface area contributed by atoms with Gasteiger partial charge in [0.25, 0.3) is 0 Å². The zero-order valence-electron chi connectivity index (χ0n) is 24.0. The Labute approximate surface area is 237 Å². The summed E-state index contributed by atoms with van der Waals surface area (Å²) in [5.41, 5.74) is 1.74. The quantitative estimate of drug-likeness (QED) is 0.484. The van der Waals surface area contributed by atoms with Crippen LogP contribution in [0, 0.1) is 25.7 Å². The second kappa shape index (κ2) is 11.3. The standard InChI is InChI=1S/C32H44N4O4/c1-21-18-22(2)20-24(19-21)34-29(37)26-25-12-13-32(40-25)27(26)31(39)36(17-9-16-35-14-7-4-8-15-35)28(32)30(38)33-23-10-5-3-6-11-23/h12-13,18-20,23,25-28H,3-11,14-17H2,1-2H3,(H,33,38)(H,34,37)/t25-,26+,27-,28-,32-/m0/s1. The van der Waals surface area contributed by atoms with Crippen LogP contribution in [0.5, 0.6) is 0 Å². The maximum Gasteiger partial charge on any atom is 0.246 e. The van der Waals surface area contributed by atoms with Gasteiger partial charge in [-0.2, -0.15) is 0 Å². The van der Waals surface area contributed by atoms with Gasteiger partial charge in [-0.25, -0.2) is 0 Å². The van der Waals surface area contributed by atoms with Crippen LogP contribution in [0.25, 0.3) is 0 Å². The first-order chi connectivity index (χ1) is 19.4. The molecule has 5 aliphatic rings. The minimum Gasteiger partial charge on any atom is -0.359 e. The first kappa shape index (κ1) is 27.5. The minimum absolute atomic E-state index is 0.130. The summed E-state index contributed by atoms with van der Waals surface area (Å²) in [6.07, 6.45) is 13.2. The van der Waals surface area contributed by atoms with Gasteiger partial charge >= 0.3 is 0 Å². The second-order valence-electron chi connectivity index (χ2n) is 12.7. The number of carbonyl (C=O) groups is 3. The molecule has 8 heteroatoms. The van der Waals surface area contributed by atoms with Crippen molar-refractivity contribution < 1.29 is 19.1 Å². The smallest absolute Gasteiger partial charge is 0.246 e. The van der Waals surface area contributed by atoms with Crippen LogP contribution in [0.15, 0.2) is 30.4 Å². The summed E-state index contributed by atoms with van der Waals surface area (Å²) in [4.78, 5) is 46.1. The molecule has 5 atom stereocenters. The van der Waals surface area contributed by atoms with Crippen molar-refractivity contribution >= 4 is 23.4 Å². The number of fused-ring (bicyclic) bond motifs is 1. The zero-order chi connectivity index (χ0) is 27.9. The van der Waals surface area contributed by atoms with Gasteiger partial charge in [0.15, 0.2) is 0 Å². The fourth-order valence-corrected chi connectivity index (χ4v) is 7.95. The van der Waals surface area contributed by atoms with E-state index in [0.717, 1.165) is 68.6 Å². The van der Waals surface area contributed by atoms with Crippen LogP contribution < -0.4 is 10.6 Å². The molecule has 8 nitrogen and oxygen atoms in total. The maximum atomic E-state index is 14.2. The number of amides is 3. The Morgan fingerprint density at radius 3 is 2.38 bits per heavy atom. The molecule has 3 saturated heterocycles. The molecule has 4 fully saturated rings. The first-order valence-corrected chi connectivity index (χ1v) is 15.5. The van der Waals surface area contributed by atoms with Gasteiger partial charge in [0.05, 0.1) is 17.9 Å². The Morgan fingerprint density at radius 2 is 1.65 bits per heavy atom. The van der Waals surface area contributed by atoms with Gasteiger partial charge in [0, 0.05) is 18.3 Å². The average Bonchev–Trinajstić information content (AvgIpc) is 3.57. The molecule has 0 aromatic heterocycles. The van der Waals surface area contributed by atoms with Crippen molar-refractivity contribution in [2.75, 3.05) is 31.5 Å². The number of hydrogen-bond donors (Lipinski definition) is 2. The highest BCUT2D eigenvalue weighted by atomic mass is 16.5. The summed E-state index contributed by atoms with van der Waals surface area (Å²) in [6, 6.07) is 5.32. The van der Waals surface area contributed by atoms with E-state index in [0.29, 0.717) is 6.54 Å². The molecule has 1 aromatic rings. The lowest BCUT2D eigenvalue weighted by molar-refractivity contribution is -0.141. The van der Waals surface area contributed by atoms with Gasteiger partial charge in [-0.15, -0.1) is 0 Å². The number of aryl methyl sites for hydroxylation is 2. The number of piperidine rings is 1. The Bertz CT molecular complexity index is 1150. The van der Waals surface area contributed by atoms with Crippen LogP contribution >= 0.6 is 0 Å². The van der Waals surface area contributed by atoms with Gasteiger partial charge in [-0.3, -0.25) is 14.4 Å². The zero-order valence-corrected chi connectivity index (χ0v) is 24.0. The molecule has 1 aromatic carbocycles. The predicted octanol–water partition coefficient (Wildman–Crippen LogP) is 3.72. The fraction of sp³-hybridized carbons (Fsp3) is 0.656. The van der Waals surface area contributed by atoms with Gasteiger partial charge in [0.2, 0.25) is 17.7 Å². The van der Waals surface area contributed by atoms with Crippen LogP contribution in [-0.2, 0) is 19.1 Å². The summed E-state index contributed by atoms with van der Waals surface area (Å²) in [6.45, 7) is 7.59. The fourth-order valence-electron chi connectivity index (χ4n) is 7.95. The normalized spacial score (nSPS) is 31.9. The highest BCUT2D eigenvalue weighted by Gasteiger charge is 2.72. The molecular formula is C32H44N4O4. The summed E-state index contributed by atoms with van der Waals surface area (Å²) < 4.78 is 6.52. The molecule has 1 spiro atoms. The number of benzene rings is 1. The number of anilines is 1. The van der Waals surface area contributed by atoms with E-state index >= 15 is 0 Å². The van der Waals surface area contributed by atoms with Crippen molar-refractivity contribution in [2.45, 2.75) is 95.4 Å². The Kier molecular flexibility index (Phi) is 7.75. The SMILES string of the molecule is Cc1cc(C)cc(NC(=O)[C@@H]2[C@@H]3C=C[C@]4(O3)[C@@H]2C(=O)N(CCCN2CCCCC2)[C@H]4C(=O)NC2CCCCC2)c1. The summed E-state index contributed by atoms with van der Waals surface area (Å²) in [5, 5.41) is 6.34. The molecule has 4 heterocycles. The van der Waals surface area contributed by atoms with Crippen LogP contribution in [0.2, 0.25) is 0 Å². The van der Waals surface area contributed by atoms with Gasteiger partial charge in [-0.1, -0.05) is 43.9 Å². The van der Waals surface area contributed by atoms with E-state index in [-0.39, 0.29) is 23.8 Å². The van der Waals surface area contributed by atoms with Gasteiger partial charge in [0.1, 0.15) is 11.6 Å². The molecule has 40 heavy (non-hydrogen) atoms. The number of likely N-dealkylation sites (tertiary alicyclic amines) is 2. The highest BCUT2D eigenvalue weighted by molar-refractivity contribution is 6.02. The van der Waals surface area contributed by atoms with Crippen molar-refractivity contribution in [3.8, 4) is 0 Å². The molecule has 2 bridgehead atoms. The monoisotopic (exact) mass is 548 g/mol. The molecule has 3 amide bonds. The molecule has 216 valence electrons. The molecule has 6 rings (SSSR count). The minimum atomic E-state index is -1.10. The third-order valence-corrected chi connectivity index (χ3v) is 9.69. The Balaban J connectivity index is 1.24. The number of rotatable bonds is 8. The number of hydrogen-bond acceptors (Lipinski definition) is 5. The van der Waals surface area contributed by atoms with Crippen molar-refractivity contribution in [3.63, 3.8) is 0 Å². The lowest BCUT2D eigenvalue weighted by Crippen LogP contribution is -2.56. The number of carbonyl (C=O) groups excluding carboxylic acids is 3. The highest BCUT2D eigenvalue weighted by Crippen LogP contribution is 2.55. The maximum absolute atomic E-state index is 14.2. The number of nitrogens with zero attached hydrogens (tertiary/aromatic N) is 2. The van der Waals surface area contributed by atoms with Crippen LogP contribution in [0.4, 0.5) is 5.69 Å². The summed E-state index contributed by atoms with van der Waals surface area (Å²) in [7, 11) is 0. The number of nitrogens with one attached hydrogen (secondary N) is 2. The third-order valence-electron chi connectivity index (χ3n) is 9.69. The van der Waals surface area contributed by atoms with Gasteiger partial charge < -0.3 is 25.2 Å². The van der Waals surface area contributed by atoms with Crippen molar-refractivity contribution in [2.24, 2.45) is 11.8 Å². The Morgan fingerprint density at radius 1 is 0.950 bits per heavy atom. The average molecular weight is 549 g/mol.